The standard InChI is InChI=1S/C38H40Cl3N3O6Si/c1-38(2,3)51(4,5)48-18-17-26-20-44(35-29(26)34(41)42-21-43-35)36-31(46)30(45)33(49-36)32(25-15-16-27(39)28(40)19-25)50-37(47)24-13-11-23(12-14-24)22-9-7-6-8-10-22/h6-16,19-21,30-33,36,45-46H,17-18H2,1-5H3/t30-,31+,32?,33-,36+/m0/s1. The second kappa shape index (κ2) is 15.0. The molecule has 5 atom stereocenters. The van der Waals surface area contributed by atoms with E-state index in [9.17, 15) is 15.0 Å². The summed E-state index contributed by atoms with van der Waals surface area (Å²) in [6.45, 7) is 11.4. The van der Waals surface area contributed by atoms with Crippen molar-refractivity contribution < 1.29 is 28.9 Å². The first kappa shape index (κ1) is 37.4. The molecule has 2 aromatic heterocycles. The number of hydrogen-bond acceptors (Lipinski definition) is 8. The Kier molecular flexibility index (Phi) is 11.0. The van der Waals surface area contributed by atoms with Crippen molar-refractivity contribution >= 4 is 60.1 Å². The van der Waals surface area contributed by atoms with Gasteiger partial charge in [0.25, 0.3) is 0 Å². The monoisotopic (exact) mass is 767 g/mol. The lowest BCUT2D eigenvalue weighted by molar-refractivity contribution is -0.0916. The zero-order valence-corrected chi connectivity index (χ0v) is 32.2. The highest BCUT2D eigenvalue weighted by atomic mass is 35.5. The summed E-state index contributed by atoms with van der Waals surface area (Å²) in [7, 11) is -2.03. The second-order valence-corrected chi connectivity index (χ2v) is 20.2. The van der Waals surface area contributed by atoms with E-state index >= 15 is 0 Å². The summed E-state index contributed by atoms with van der Waals surface area (Å²) >= 11 is 19.2. The lowest BCUT2D eigenvalue weighted by Crippen LogP contribution is -2.41. The van der Waals surface area contributed by atoms with Crippen LogP contribution in [0.15, 0.2) is 85.3 Å². The number of aromatic nitrogens is 3. The van der Waals surface area contributed by atoms with Crippen LogP contribution in [-0.2, 0) is 20.3 Å². The second-order valence-electron chi connectivity index (χ2n) is 14.2. The Morgan fingerprint density at radius 3 is 2.29 bits per heavy atom. The summed E-state index contributed by atoms with van der Waals surface area (Å²) in [5, 5.41) is 24.4. The topological polar surface area (TPSA) is 116 Å². The van der Waals surface area contributed by atoms with Crippen LogP contribution in [0.3, 0.4) is 0 Å². The third-order valence-electron chi connectivity index (χ3n) is 9.86. The molecule has 1 saturated heterocycles. The SMILES string of the molecule is CC(C)(C)[Si](C)(C)OCCc1cn([C@@H]2O[C@H](C(OC(=O)c3ccc(-c4ccccc4)cc3)c3ccc(Cl)c(Cl)c3)[C@@H](O)[C@H]2O)c2ncnc(Cl)c12. The molecule has 1 aliphatic rings. The molecule has 268 valence electrons. The zero-order chi connectivity index (χ0) is 36.7. The number of aliphatic hydroxyl groups is 2. The number of fused-ring (bicyclic) bond motifs is 1. The molecule has 5 aromatic rings. The van der Waals surface area contributed by atoms with Crippen molar-refractivity contribution in [1.29, 1.82) is 0 Å². The smallest absolute Gasteiger partial charge is 0.338 e. The molecule has 3 heterocycles. The maximum atomic E-state index is 13.6. The fourth-order valence-electron chi connectivity index (χ4n) is 5.93. The van der Waals surface area contributed by atoms with Gasteiger partial charge >= 0.3 is 5.97 Å². The largest absolute Gasteiger partial charge is 0.451 e. The van der Waals surface area contributed by atoms with Gasteiger partial charge < -0.3 is 28.7 Å². The molecule has 1 fully saturated rings. The number of benzene rings is 3. The number of carbonyl (C=O) groups is 1. The van der Waals surface area contributed by atoms with E-state index in [4.69, 9.17) is 48.7 Å². The summed E-state index contributed by atoms with van der Waals surface area (Å²) in [5.74, 6) is -0.658. The first-order valence-corrected chi connectivity index (χ1v) is 20.7. The van der Waals surface area contributed by atoms with Crippen molar-refractivity contribution in [2.45, 2.75) is 76.0 Å². The normalized spacial score (nSPS) is 20.1. The summed E-state index contributed by atoms with van der Waals surface area (Å²) in [6.07, 6.45) is -2.82. The van der Waals surface area contributed by atoms with Crippen molar-refractivity contribution in [1.82, 2.24) is 14.5 Å². The molecule has 0 saturated carbocycles. The molecule has 1 unspecified atom stereocenters. The van der Waals surface area contributed by atoms with Crippen LogP contribution in [0.25, 0.3) is 22.2 Å². The van der Waals surface area contributed by atoms with E-state index in [-0.39, 0.29) is 20.8 Å². The van der Waals surface area contributed by atoms with Gasteiger partial charge in [-0.3, -0.25) is 0 Å². The molecule has 1 aliphatic heterocycles. The number of esters is 1. The van der Waals surface area contributed by atoms with Crippen LogP contribution in [0.4, 0.5) is 0 Å². The number of rotatable bonds is 10. The minimum atomic E-state index is -2.03. The quantitative estimate of drug-likeness (QED) is 0.0823. The van der Waals surface area contributed by atoms with Gasteiger partial charge in [0.1, 0.15) is 35.4 Å². The van der Waals surface area contributed by atoms with Crippen molar-refractivity contribution in [2.24, 2.45) is 0 Å². The Balaban J connectivity index is 1.30. The van der Waals surface area contributed by atoms with E-state index in [1.807, 2.05) is 42.5 Å². The number of ether oxygens (including phenoxy) is 2. The van der Waals surface area contributed by atoms with Crippen molar-refractivity contribution in [3.63, 3.8) is 0 Å². The van der Waals surface area contributed by atoms with Gasteiger partial charge in [-0.2, -0.15) is 0 Å². The van der Waals surface area contributed by atoms with Gasteiger partial charge in [-0.1, -0.05) is 104 Å². The molecular weight excluding hydrogens is 729 g/mol. The van der Waals surface area contributed by atoms with Gasteiger partial charge in [-0.15, -0.1) is 0 Å². The van der Waals surface area contributed by atoms with Crippen LogP contribution in [-0.4, -0.2) is 64.0 Å². The lowest BCUT2D eigenvalue weighted by atomic mass is 9.98. The number of carbonyl (C=O) groups excluding carboxylic acids is 1. The molecule has 2 N–H and O–H groups in total. The highest BCUT2D eigenvalue weighted by Gasteiger charge is 2.49. The van der Waals surface area contributed by atoms with Crippen LogP contribution in [0.2, 0.25) is 33.3 Å². The molecule has 0 bridgehead atoms. The summed E-state index contributed by atoms with van der Waals surface area (Å²) < 4.78 is 20.6. The minimum Gasteiger partial charge on any atom is -0.451 e. The Morgan fingerprint density at radius 2 is 1.63 bits per heavy atom. The number of aliphatic hydroxyl groups excluding tert-OH is 2. The van der Waals surface area contributed by atoms with Gasteiger partial charge in [0.2, 0.25) is 0 Å². The third-order valence-corrected chi connectivity index (χ3v) is 15.4. The van der Waals surface area contributed by atoms with E-state index in [2.05, 4.69) is 43.8 Å². The van der Waals surface area contributed by atoms with E-state index in [1.165, 1.54) is 6.33 Å². The average molecular weight is 769 g/mol. The number of halogens is 3. The Labute approximate surface area is 313 Å². The molecule has 51 heavy (non-hydrogen) atoms. The highest BCUT2D eigenvalue weighted by Crippen LogP contribution is 2.42. The number of nitrogens with zero attached hydrogens (tertiary/aromatic N) is 3. The van der Waals surface area contributed by atoms with Crippen LogP contribution in [0, 0.1) is 0 Å². The first-order valence-electron chi connectivity index (χ1n) is 16.6. The molecule has 0 radical (unpaired) electrons. The zero-order valence-electron chi connectivity index (χ0n) is 28.9. The fourth-order valence-corrected chi connectivity index (χ4v) is 7.53. The molecule has 0 spiro atoms. The van der Waals surface area contributed by atoms with Gasteiger partial charge in [0, 0.05) is 12.8 Å². The summed E-state index contributed by atoms with van der Waals surface area (Å²) in [5.41, 5.74) is 3.86. The molecule has 9 nitrogen and oxygen atoms in total. The molecule has 13 heteroatoms. The first-order chi connectivity index (χ1) is 24.2. The summed E-state index contributed by atoms with van der Waals surface area (Å²) in [4.78, 5) is 22.3. The third kappa shape index (κ3) is 7.75. The fraction of sp³-hybridized carbons (Fsp3) is 0.342. The Morgan fingerprint density at radius 1 is 0.941 bits per heavy atom. The maximum absolute atomic E-state index is 13.6. The van der Waals surface area contributed by atoms with Crippen molar-refractivity contribution in [3.05, 3.63) is 117 Å². The summed E-state index contributed by atoms with van der Waals surface area (Å²) in [6, 6.07) is 21.6. The lowest BCUT2D eigenvalue weighted by Gasteiger charge is -2.36. The van der Waals surface area contributed by atoms with Crippen LogP contribution in [0.1, 0.15) is 54.6 Å². The number of hydrogen-bond donors (Lipinski definition) is 2. The van der Waals surface area contributed by atoms with Crippen molar-refractivity contribution in [2.75, 3.05) is 6.61 Å². The molecule has 3 aromatic carbocycles. The molecular formula is C38H40Cl3N3O6Si. The predicted molar refractivity (Wildman–Crippen MR) is 202 cm³/mol. The van der Waals surface area contributed by atoms with Gasteiger partial charge in [-0.05, 0) is 71.1 Å². The van der Waals surface area contributed by atoms with Gasteiger partial charge in [0.15, 0.2) is 20.6 Å². The van der Waals surface area contributed by atoms with Crippen LogP contribution in [0.5, 0.6) is 0 Å². The maximum Gasteiger partial charge on any atom is 0.338 e. The average Bonchev–Trinajstić information content (AvgIpc) is 3.61. The Bertz CT molecular complexity index is 2020. The van der Waals surface area contributed by atoms with E-state index in [0.717, 1.165) is 16.7 Å². The predicted octanol–water partition coefficient (Wildman–Crippen LogP) is 8.84. The highest BCUT2D eigenvalue weighted by molar-refractivity contribution is 6.74. The van der Waals surface area contributed by atoms with Crippen molar-refractivity contribution in [3.8, 4) is 11.1 Å². The van der Waals surface area contributed by atoms with Crippen LogP contribution >= 0.6 is 34.8 Å². The molecule has 0 aliphatic carbocycles. The van der Waals surface area contributed by atoms with Crippen LogP contribution < -0.4 is 0 Å². The van der Waals surface area contributed by atoms with E-state index in [1.54, 1.807) is 41.1 Å². The Hall–Kier alpha value is -3.32. The minimum absolute atomic E-state index is 0.0363. The molecule has 0 amide bonds. The van der Waals surface area contributed by atoms with Gasteiger partial charge in [0.05, 0.1) is 21.0 Å². The van der Waals surface area contributed by atoms with Gasteiger partial charge in [-0.25, -0.2) is 14.8 Å². The molecule has 6 rings (SSSR count). The van der Waals surface area contributed by atoms with E-state index in [0.29, 0.717) is 34.6 Å². The van der Waals surface area contributed by atoms with E-state index < -0.39 is 44.9 Å².